The van der Waals surface area contributed by atoms with Gasteiger partial charge in [-0.3, -0.25) is 0 Å². The summed E-state index contributed by atoms with van der Waals surface area (Å²) in [5, 5.41) is 9.48. The Morgan fingerprint density at radius 2 is 1.92 bits per heavy atom. The molecular formula is C21H22N2O2. The van der Waals surface area contributed by atoms with Crippen molar-refractivity contribution in [1.82, 2.24) is 0 Å². The van der Waals surface area contributed by atoms with Crippen LogP contribution in [-0.4, -0.2) is 17.7 Å². The standard InChI is InChI=1S/C21H22N2O2/c1-16(24)14-20-4-3-13-23(20)19-9-11-21(12-10-19)25-15-17-5-7-18(22-2)8-6-17/h5-12,20,24H,1,3-4,13-15H2. The molecule has 1 fully saturated rings. The first-order valence-electron chi connectivity index (χ1n) is 8.48. The van der Waals surface area contributed by atoms with Crippen LogP contribution in [0.5, 0.6) is 5.75 Å². The third-order valence-corrected chi connectivity index (χ3v) is 4.49. The summed E-state index contributed by atoms with van der Waals surface area (Å²) < 4.78 is 5.82. The van der Waals surface area contributed by atoms with Gasteiger partial charge in [0.15, 0.2) is 5.69 Å². The minimum absolute atomic E-state index is 0.251. The van der Waals surface area contributed by atoms with Crippen molar-refractivity contribution in [3.63, 3.8) is 0 Å². The zero-order chi connectivity index (χ0) is 17.6. The second-order valence-corrected chi connectivity index (χ2v) is 6.32. The van der Waals surface area contributed by atoms with Crippen molar-refractivity contribution in [2.75, 3.05) is 11.4 Å². The molecule has 4 nitrogen and oxygen atoms in total. The molecule has 1 aliphatic rings. The van der Waals surface area contributed by atoms with Crippen LogP contribution < -0.4 is 9.64 Å². The molecule has 1 unspecified atom stereocenters. The molecule has 1 saturated heterocycles. The smallest absolute Gasteiger partial charge is 0.187 e. The molecule has 0 saturated carbocycles. The van der Waals surface area contributed by atoms with Crippen LogP contribution in [0, 0.1) is 6.57 Å². The Kier molecular flexibility index (Phi) is 5.25. The lowest BCUT2D eigenvalue weighted by atomic mass is 10.1. The topological polar surface area (TPSA) is 37.1 Å². The van der Waals surface area contributed by atoms with Gasteiger partial charge in [0, 0.05) is 24.7 Å². The number of ether oxygens (including phenoxy) is 1. The van der Waals surface area contributed by atoms with Gasteiger partial charge < -0.3 is 14.7 Å². The predicted molar refractivity (Wildman–Crippen MR) is 100 cm³/mol. The average Bonchev–Trinajstić information content (AvgIpc) is 3.08. The fourth-order valence-electron chi connectivity index (χ4n) is 3.23. The monoisotopic (exact) mass is 334 g/mol. The highest BCUT2D eigenvalue weighted by Gasteiger charge is 2.25. The van der Waals surface area contributed by atoms with Crippen LogP contribution >= 0.6 is 0 Å². The molecule has 128 valence electrons. The summed E-state index contributed by atoms with van der Waals surface area (Å²) in [7, 11) is 0. The van der Waals surface area contributed by atoms with Crippen LogP contribution in [0.1, 0.15) is 24.8 Å². The number of aliphatic hydroxyl groups is 1. The Hall–Kier alpha value is -2.93. The van der Waals surface area contributed by atoms with Gasteiger partial charge in [-0.2, -0.15) is 0 Å². The molecule has 0 aromatic heterocycles. The summed E-state index contributed by atoms with van der Waals surface area (Å²) in [5.74, 6) is 1.07. The fraction of sp³-hybridized carbons (Fsp3) is 0.286. The van der Waals surface area contributed by atoms with Crippen LogP contribution in [0.15, 0.2) is 60.9 Å². The number of benzene rings is 2. The lowest BCUT2D eigenvalue weighted by Gasteiger charge is -2.26. The van der Waals surface area contributed by atoms with Crippen molar-refractivity contribution in [1.29, 1.82) is 0 Å². The Bertz CT molecular complexity index is 760. The summed E-state index contributed by atoms with van der Waals surface area (Å²) in [6.07, 6.45) is 2.84. The van der Waals surface area contributed by atoms with Gasteiger partial charge in [0.25, 0.3) is 0 Å². The number of hydrogen-bond acceptors (Lipinski definition) is 3. The summed E-state index contributed by atoms with van der Waals surface area (Å²) in [6, 6.07) is 15.8. The quantitative estimate of drug-likeness (QED) is 0.579. The van der Waals surface area contributed by atoms with E-state index in [1.54, 1.807) is 12.1 Å². The van der Waals surface area contributed by atoms with Crippen molar-refractivity contribution in [3.8, 4) is 5.75 Å². The van der Waals surface area contributed by atoms with E-state index in [0.29, 0.717) is 24.8 Å². The molecule has 0 aliphatic carbocycles. The maximum Gasteiger partial charge on any atom is 0.187 e. The molecular weight excluding hydrogens is 312 g/mol. The molecule has 1 heterocycles. The van der Waals surface area contributed by atoms with Crippen molar-refractivity contribution in [2.24, 2.45) is 0 Å². The molecule has 2 aromatic carbocycles. The Morgan fingerprint density at radius 3 is 2.56 bits per heavy atom. The Balaban J connectivity index is 1.60. The Morgan fingerprint density at radius 1 is 1.20 bits per heavy atom. The molecule has 1 N–H and O–H groups in total. The van der Waals surface area contributed by atoms with Crippen LogP contribution in [0.2, 0.25) is 0 Å². The van der Waals surface area contributed by atoms with Gasteiger partial charge in [0.2, 0.25) is 0 Å². The highest BCUT2D eigenvalue weighted by Crippen LogP contribution is 2.30. The zero-order valence-corrected chi connectivity index (χ0v) is 14.2. The molecule has 0 bridgehead atoms. The summed E-state index contributed by atoms with van der Waals surface area (Å²) in [5.41, 5.74) is 2.83. The van der Waals surface area contributed by atoms with E-state index >= 15 is 0 Å². The highest BCUT2D eigenvalue weighted by atomic mass is 16.5. The van der Waals surface area contributed by atoms with E-state index in [2.05, 4.69) is 28.5 Å². The molecule has 1 atom stereocenters. The van der Waals surface area contributed by atoms with Gasteiger partial charge in [0.05, 0.1) is 12.3 Å². The van der Waals surface area contributed by atoms with Crippen LogP contribution in [0.3, 0.4) is 0 Å². The number of hydrogen-bond donors (Lipinski definition) is 1. The van der Waals surface area contributed by atoms with E-state index in [-0.39, 0.29) is 5.76 Å². The number of anilines is 1. The molecule has 0 spiro atoms. The minimum Gasteiger partial charge on any atom is -0.513 e. The third kappa shape index (κ3) is 4.33. The predicted octanol–water partition coefficient (Wildman–Crippen LogP) is 5.25. The molecule has 0 radical (unpaired) electrons. The summed E-state index contributed by atoms with van der Waals surface area (Å²) in [4.78, 5) is 5.71. The fourth-order valence-corrected chi connectivity index (χ4v) is 3.23. The van der Waals surface area contributed by atoms with Crippen molar-refractivity contribution >= 4 is 11.4 Å². The van der Waals surface area contributed by atoms with Crippen molar-refractivity contribution in [2.45, 2.75) is 31.9 Å². The number of aliphatic hydroxyl groups excluding tert-OH is 1. The van der Waals surface area contributed by atoms with Crippen LogP contribution in [-0.2, 0) is 6.61 Å². The normalized spacial score (nSPS) is 16.4. The van der Waals surface area contributed by atoms with E-state index in [1.807, 2.05) is 24.3 Å². The van der Waals surface area contributed by atoms with E-state index in [4.69, 9.17) is 11.3 Å². The molecule has 3 rings (SSSR count). The molecule has 1 aliphatic heterocycles. The van der Waals surface area contributed by atoms with E-state index in [9.17, 15) is 5.11 Å². The lowest BCUT2D eigenvalue weighted by Crippen LogP contribution is -2.29. The zero-order valence-electron chi connectivity index (χ0n) is 14.2. The van der Waals surface area contributed by atoms with Gasteiger partial charge in [-0.25, -0.2) is 4.85 Å². The average molecular weight is 334 g/mol. The maximum absolute atomic E-state index is 9.48. The Labute approximate surface area is 148 Å². The maximum atomic E-state index is 9.48. The number of nitrogens with zero attached hydrogens (tertiary/aromatic N) is 2. The van der Waals surface area contributed by atoms with Gasteiger partial charge in [-0.05, 0) is 42.7 Å². The molecule has 0 amide bonds. The van der Waals surface area contributed by atoms with E-state index in [0.717, 1.165) is 36.4 Å². The first kappa shape index (κ1) is 16.9. The largest absolute Gasteiger partial charge is 0.513 e. The molecule has 25 heavy (non-hydrogen) atoms. The van der Waals surface area contributed by atoms with Crippen LogP contribution in [0.25, 0.3) is 4.85 Å². The summed E-state index contributed by atoms with van der Waals surface area (Å²) in [6.45, 7) is 12.1. The second kappa shape index (κ2) is 7.76. The van der Waals surface area contributed by atoms with Crippen molar-refractivity contribution in [3.05, 3.63) is 77.8 Å². The highest BCUT2D eigenvalue weighted by molar-refractivity contribution is 5.51. The van der Waals surface area contributed by atoms with Gasteiger partial charge in [-0.1, -0.05) is 30.8 Å². The van der Waals surface area contributed by atoms with Gasteiger partial charge >= 0.3 is 0 Å². The summed E-state index contributed by atoms with van der Waals surface area (Å²) >= 11 is 0. The second-order valence-electron chi connectivity index (χ2n) is 6.32. The van der Waals surface area contributed by atoms with Gasteiger partial charge in [-0.15, -0.1) is 0 Å². The third-order valence-electron chi connectivity index (χ3n) is 4.49. The van der Waals surface area contributed by atoms with Gasteiger partial charge in [0.1, 0.15) is 12.4 Å². The SMILES string of the molecule is [C-]#[N+]c1ccc(COc2ccc(N3CCCC3CC(=C)O)cc2)cc1. The van der Waals surface area contributed by atoms with E-state index in [1.165, 1.54) is 0 Å². The lowest BCUT2D eigenvalue weighted by molar-refractivity contribution is 0.306. The first-order valence-corrected chi connectivity index (χ1v) is 8.48. The molecule has 4 heteroatoms. The number of rotatable bonds is 6. The van der Waals surface area contributed by atoms with Crippen LogP contribution in [0.4, 0.5) is 11.4 Å². The minimum atomic E-state index is 0.251. The van der Waals surface area contributed by atoms with Crippen molar-refractivity contribution < 1.29 is 9.84 Å². The first-order chi connectivity index (χ1) is 12.2. The van der Waals surface area contributed by atoms with E-state index < -0.39 is 0 Å². The molecule has 2 aromatic rings.